The van der Waals surface area contributed by atoms with E-state index in [4.69, 9.17) is 11.6 Å². The Morgan fingerprint density at radius 2 is 1.79 bits per heavy atom. The van der Waals surface area contributed by atoms with Crippen LogP contribution in [0, 0.1) is 0 Å². The van der Waals surface area contributed by atoms with E-state index in [9.17, 15) is 0 Å². The van der Waals surface area contributed by atoms with Crippen molar-refractivity contribution in [3.8, 4) is 0 Å². The van der Waals surface area contributed by atoms with E-state index < -0.39 is 0 Å². The molecule has 1 unspecified atom stereocenters. The van der Waals surface area contributed by atoms with Crippen molar-refractivity contribution in [2.24, 2.45) is 0 Å². The first-order chi connectivity index (χ1) is 9.22. The number of halogens is 1. The largest absolute Gasteiger partial charge is 0.313 e. The molecule has 19 heavy (non-hydrogen) atoms. The molecule has 0 amide bonds. The zero-order chi connectivity index (χ0) is 13.7. The molecule has 1 N–H and O–H groups in total. The predicted octanol–water partition coefficient (Wildman–Crippen LogP) is 4.41. The van der Waals surface area contributed by atoms with E-state index in [2.05, 4.69) is 42.6 Å². The van der Waals surface area contributed by atoms with Crippen molar-refractivity contribution in [2.75, 3.05) is 7.05 Å². The summed E-state index contributed by atoms with van der Waals surface area (Å²) in [5.41, 5.74) is 3.97. The van der Waals surface area contributed by atoms with E-state index in [1.807, 2.05) is 25.2 Å². The summed E-state index contributed by atoms with van der Waals surface area (Å²) in [6.45, 7) is 2.18. The summed E-state index contributed by atoms with van der Waals surface area (Å²) in [6, 6.07) is 17.2. The van der Waals surface area contributed by atoms with Crippen LogP contribution in [0.5, 0.6) is 0 Å². The monoisotopic (exact) mass is 273 g/mol. The molecular weight excluding hydrogens is 254 g/mol. The summed E-state index contributed by atoms with van der Waals surface area (Å²) >= 11 is 6.04. The smallest absolute Gasteiger partial charge is 0.0408 e. The lowest BCUT2D eigenvalue weighted by molar-refractivity contribution is 0.591. The van der Waals surface area contributed by atoms with Crippen LogP contribution in [0.3, 0.4) is 0 Å². The summed E-state index contributed by atoms with van der Waals surface area (Å²) in [4.78, 5) is 0. The average Bonchev–Trinajstić information content (AvgIpc) is 2.45. The maximum Gasteiger partial charge on any atom is 0.0408 e. The van der Waals surface area contributed by atoms with Gasteiger partial charge in [0.1, 0.15) is 0 Å². The lowest BCUT2D eigenvalue weighted by Crippen LogP contribution is -2.19. The normalized spacial score (nSPS) is 12.4. The van der Waals surface area contributed by atoms with Gasteiger partial charge in [-0.15, -0.1) is 0 Å². The second-order valence-electron chi connectivity index (χ2n) is 4.77. The first-order valence-electron chi connectivity index (χ1n) is 6.73. The Morgan fingerprint density at radius 1 is 1.05 bits per heavy atom. The third kappa shape index (κ3) is 3.82. The van der Waals surface area contributed by atoms with Crippen molar-refractivity contribution in [2.45, 2.75) is 25.8 Å². The molecule has 2 aromatic carbocycles. The second-order valence-corrected chi connectivity index (χ2v) is 5.21. The number of nitrogens with one attached hydrogen (secondary N) is 1. The molecule has 2 aromatic rings. The Bertz CT molecular complexity index is 536. The fraction of sp³-hybridized carbons (Fsp3) is 0.294. The van der Waals surface area contributed by atoms with Gasteiger partial charge in [0, 0.05) is 11.1 Å². The van der Waals surface area contributed by atoms with E-state index in [0.717, 1.165) is 17.9 Å². The zero-order valence-corrected chi connectivity index (χ0v) is 12.2. The standard InChI is InChI=1S/C17H20ClN/c1-3-13-6-4-8-15(10-13)17(19-2)12-14-7-5-9-16(18)11-14/h4-11,17,19H,3,12H2,1-2H3. The molecule has 0 saturated carbocycles. The van der Waals surface area contributed by atoms with Gasteiger partial charge in [-0.3, -0.25) is 0 Å². The molecule has 0 aromatic heterocycles. The summed E-state index contributed by atoms with van der Waals surface area (Å²) in [6.07, 6.45) is 2.02. The minimum absolute atomic E-state index is 0.324. The van der Waals surface area contributed by atoms with E-state index in [1.54, 1.807) is 0 Å². The summed E-state index contributed by atoms with van der Waals surface area (Å²) < 4.78 is 0. The molecule has 100 valence electrons. The van der Waals surface area contributed by atoms with Gasteiger partial charge in [-0.05, 0) is 48.7 Å². The van der Waals surface area contributed by atoms with Gasteiger partial charge in [0.15, 0.2) is 0 Å². The number of hydrogen-bond acceptors (Lipinski definition) is 1. The average molecular weight is 274 g/mol. The lowest BCUT2D eigenvalue weighted by Gasteiger charge is -2.17. The van der Waals surface area contributed by atoms with E-state index in [0.29, 0.717) is 6.04 Å². The number of benzene rings is 2. The fourth-order valence-electron chi connectivity index (χ4n) is 2.32. The van der Waals surface area contributed by atoms with Gasteiger partial charge in [0.05, 0.1) is 0 Å². The third-order valence-electron chi connectivity index (χ3n) is 3.44. The van der Waals surface area contributed by atoms with Crippen LogP contribution >= 0.6 is 11.6 Å². The molecule has 0 fully saturated rings. The molecule has 0 aliphatic carbocycles. The van der Waals surface area contributed by atoms with Crippen LogP contribution in [-0.2, 0) is 12.8 Å². The number of aryl methyl sites for hydroxylation is 1. The Morgan fingerprint density at radius 3 is 2.47 bits per heavy atom. The van der Waals surface area contributed by atoms with Gasteiger partial charge < -0.3 is 5.32 Å². The van der Waals surface area contributed by atoms with E-state index >= 15 is 0 Å². The predicted molar refractivity (Wildman–Crippen MR) is 82.8 cm³/mol. The van der Waals surface area contributed by atoms with Crippen molar-refractivity contribution >= 4 is 11.6 Å². The van der Waals surface area contributed by atoms with Gasteiger partial charge >= 0.3 is 0 Å². The minimum Gasteiger partial charge on any atom is -0.313 e. The van der Waals surface area contributed by atoms with Crippen LogP contribution in [-0.4, -0.2) is 7.05 Å². The zero-order valence-electron chi connectivity index (χ0n) is 11.5. The maximum atomic E-state index is 6.04. The molecule has 0 aliphatic heterocycles. The number of rotatable bonds is 5. The van der Waals surface area contributed by atoms with Crippen LogP contribution in [0.2, 0.25) is 5.02 Å². The van der Waals surface area contributed by atoms with Gasteiger partial charge in [0.25, 0.3) is 0 Å². The molecule has 0 aliphatic rings. The Labute approximate surface area is 120 Å². The summed E-state index contributed by atoms with van der Waals surface area (Å²) in [5, 5.41) is 4.20. The Balaban J connectivity index is 2.19. The minimum atomic E-state index is 0.324. The summed E-state index contributed by atoms with van der Waals surface area (Å²) in [5.74, 6) is 0. The molecule has 2 heteroatoms. The van der Waals surface area contributed by atoms with Crippen molar-refractivity contribution in [3.05, 3.63) is 70.2 Å². The van der Waals surface area contributed by atoms with Crippen molar-refractivity contribution in [3.63, 3.8) is 0 Å². The maximum absolute atomic E-state index is 6.04. The Kier molecular flexibility index (Phi) is 5.00. The topological polar surface area (TPSA) is 12.0 Å². The molecule has 1 nitrogen and oxygen atoms in total. The first-order valence-corrected chi connectivity index (χ1v) is 7.11. The van der Waals surface area contributed by atoms with Crippen LogP contribution in [0.4, 0.5) is 0 Å². The highest BCUT2D eigenvalue weighted by Gasteiger charge is 2.10. The van der Waals surface area contributed by atoms with E-state index in [-0.39, 0.29) is 0 Å². The van der Waals surface area contributed by atoms with Crippen LogP contribution in [0.15, 0.2) is 48.5 Å². The Hall–Kier alpha value is -1.31. The molecule has 0 bridgehead atoms. The fourth-order valence-corrected chi connectivity index (χ4v) is 2.53. The number of likely N-dealkylation sites (N-methyl/N-ethyl adjacent to an activating group) is 1. The first kappa shape index (κ1) is 14.1. The van der Waals surface area contributed by atoms with Crippen molar-refractivity contribution < 1.29 is 0 Å². The number of hydrogen-bond donors (Lipinski definition) is 1. The second kappa shape index (κ2) is 6.74. The van der Waals surface area contributed by atoms with Gasteiger partial charge in [-0.25, -0.2) is 0 Å². The van der Waals surface area contributed by atoms with Crippen LogP contribution < -0.4 is 5.32 Å². The van der Waals surface area contributed by atoms with Crippen molar-refractivity contribution in [1.29, 1.82) is 0 Å². The molecular formula is C17H20ClN. The van der Waals surface area contributed by atoms with Crippen molar-refractivity contribution in [1.82, 2.24) is 5.32 Å². The molecule has 1 atom stereocenters. The highest BCUT2D eigenvalue weighted by atomic mass is 35.5. The highest BCUT2D eigenvalue weighted by molar-refractivity contribution is 6.30. The van der Waals surface area contributed by atoms with Gasteiger partial charge in [-0.2, -0.15) is 0 Å². The summed E-state index contributed by atoms with van der Waals surface area (Å²) in [7, 11) is 2.01. The lowest BCUT2D eigenvalue weighted by atomic mass is 9.97. The SMILES string of the molecule is CCc1cccc(C(Cc2cccc(Cl)c2)NC)c1. The highest BCUT2D eigenvalue weighted by Crippen LogP contribution is 2.21. The molecule has 0 saturated heterocycles. The van der Waals surface area contributed by atoms with Gasteiger partial charge in [-0.1, -0.05) is 54.9 Å². The molecule has 0 heterocycles. The third-order valence-corrected chi connectivity index (χ3v) is 3.67. The van der Waals surface area contributed by atoms with Crippen LogP contribution in [0.25, 0.3) is 0 Å². The van der Waals surface area contributed by atoms with Crippen LogP contribution in [0.1, 0.15) is 29.7 Å². The quantitative estimate of drug-likeness (QED) is 0.851. The molecule has 2 rings (SSSR count). The van der Waals surface area contributed by atoms with E-state index in [1.165, 1.54) is 16.7 Å². The molecule has 0 radical (unpaired) electrons. The molecule has 0 spiro atoms. The van der Waals surface area contributed by atoms with Gasteiger partial charge in [0.2, 0.25) is 0 Å².